The molecule has 0 radical (unpaired) electrons. The minimum absolute atomic E-state index is 0.152. The highest BCUT2D eigenvalue weighted by atomic mass is 16.5. The van der Waals surface area contributed by atoms with Crippen LogP contribution >= 0.6 is 0 Å². The van der Waals surface area contributed by atoms with Crippen molar-refractivity contribution in [3.8, 4) is 11.5 Å². The molecule has 0 aliphatic carbocycles. The van der Waals surface area contributed by atoms with Gasteiger partial charge in [0.05, 0.1) is 13.2 Å². The molecule has 1 aromatic rings. The molecule has 0 aromatic heterocycles. The molecule has 0 saturated heterocycles. The molecule has 1 aromatic carbocycles. The van der Waals surface area contributed by atoms with Crippen LogP contribution in [0.4, 0.5) is 0 Å². The Morgan fingerprint density at radius 1 is 1.07 bits per heavy atom. The zero-order chi connectivity index (χ0) is 11.1. The lowest BCUT2D eigenvalue weighted by Gasteiger charge is -2.11. The monoisotopic (exact) mass is 210 g/mol. The molecule has 0 bridgehead atoms. The van der Waals surface area contributed by atoms with Crippen LogP contribution in [0.25, 0.3) is 0 Å². The van der Waals surface area contributed by atoms with Crippen LogP contribution in [-0.4, -0.2) is 24.9 Å². The molecule has 0 atom stereocenters. The first-order valence-electron chi connectivity index (χ1n) is 5.31. The number of ether oxygens (including phenoxy) is 2. The minimum Gasteiger partial charge on any atom is -0.490 e. The van der Waals surface area contributed by atoms with Gasteiger partial charge in [-0.3, -0.25) is 0 Å². The summed E-state index contributed by atoms with van der Waals surface area (Å²) in [5.41, 5.74) is 1.06. The van der Waals surface area contributed by atoms with Gasteiger partial charge in [0.1, 0.15) is 0 Å². The van der Waals surface area contributed by atoms with E-state index in [0.29, 0.717) is 19.6 Å². The van der Waals surface area contributed by atoms with E-state index in [-0.39, 0.29) is 6.61 Å². The topological polar surface area (TPSA) is 38.7 Å². The van der Waals surface area contributed by atoms with Crippen LogP contribution in [0.2, 0.25) is 0 Å². The number of hydrogen-bond acceptors (Lipinski definition) is 3. The standard InChI is InChI=1S/C12H18O3/c1-3-14-11-6-5-10(7-8-13)9-12(11)15-4-2/h5-6,9,13H,3-4,7-8H2,1-2H3. The van der Waals surface area contributed by atoms with E-state index in [2.05, 4.69) is 0 Å². The van der Waals surface area contributed by atoms with E-state index in [9.17, 15) is 0 Å². The van der Waals surface area contributed by atoms with Gasteiger partial charge in [-0.1, -0.05) is 6.07 Å². The summed E-state index contributed by atoms with van der Waals surface area (Å²) >= 11 is 0. The third kappa shape index (κ3) is 3.44. The van der Waals surface area contributed by atoms with E-state index in [1.807, 2.05) is 32.0 Å². The zero-order valence-corrected chi connectivity index (χ0v) is 9.32. The Balaban J connectivity index is 2.87. The molecule has 1 rings (SSSR count). The number of aliphatic hydroxyl groups is 1. The van der Waals surface area contributed by atoms with E-state index < -0.39 is 0 Å². The van der Waals surface area contributed by atoms with Gasteiger partial charge >= 0.3 is 0 Å². The molecule has 1 N–H and O–H groups in total. The van der Waals surface area contributed by atoms with Crippen LogP contribution < -0.4 is 9.47 Å². The molecule has 3 heteroatoms. The summed E-state index contributed by atoms with van der Waals surface area (Å²) in [7, 11) is 0. The van der Waals surface area contributed by atoms with E-state index >= 15 is 0 Å². The Morgan fingerprint density at radius 2 is 1.73 bits per heavy atom. The minimum atomic E-state index is 0.152. The third-order valence-corrected chi connectivity index (χ3v) is 2.01. The SMILES string of the molecule is CCOc1ccc(CCO)cc1OCC. The molecule has 0 heterocycles. The van der Waals surface area contributed by atoms with Crippen LogP contribution in [0.3, 0.4) is 0 Å². The predicted octanol–water partition coefficient (Wildman–Crippen LogP) is 2.02. The highest BCUT2D eigenvalue weighted by Gasteiger charge is 2.05. The fourth-order valence-electron chi connectivity index (χ4n) is 1.38. The van der Waals surface area contributed by atoms with E-state index in [4.69, 9.17) is 14.6 Å². The third-order valence-electron chi connectivity index (χ3n) is 2.01. The highest BCUT2D eigenvalue weighted by molar-refractivity contribution is 5.43. The Kier molecular flexibility index (Phi) is 4.98. The van der Waals surface area contributed by atoms with Crippen molar-refractivity contribution in [1.29, 1.82) is 0 Å². The average Bonchev–Trinajstić information content (AvgIpc) is 2.23. The van der Waals surface area contributed by atoms with Gasteiger partial charge in [-0.25, -0.2) is 0 Å². The quantitative estimate of drug-likeness (QED) is 0.780. The largest absolute Gasteiger partial charge is 0.490 e. The maximum Gasteiger partial charge on any atom is 0.161 e. The van der Waals surface area contributed by atoms with Crippen LogP contribution in [0, 0.1) is 0 Å². The van der Waals surface area contributed by atoms with Crippen molar-refractivity contribution in [3.63, 3.8) is 0 Å². The normalized spacial score (nSPS) is 10.1. The lowest BCUT2D eigenvalue weighted by Crippen LogP contribution is -2.00. The summed E-state index contributed by atoms with van der Waals surface area (Å²) in [5.74, 6) is 1.52. The molecule has 84 valence electrons. The molecule has 15 heavy (non-hydrogen) atoms. The van der Waals surface area contributed by atoms with Crippen molar-refractivity contribution in [2.24, 2.45) is 0 Å². The Bertz CT molecular complexity index is 297. The van der Waals surface area contributed by atoms with Gasteiger partial charge in [-0.15, -0.1) is 0 Å². The van der Waals surface area contributed by atoms with Crippen LogP contribution in [0.1, 0.15) is 19.4 Å². The number of aliphatic hydroxyl groups excluding tert-OH is 1. The molecule has 0 aliphatic rings. The Morgan fingerprint density at radius 3 is 2.33 bits per heavy atom. The second-order valence-electron chi connectivity index (χ2n) is 3.12. The van der Waals surface area contributed by atoms with E-state index in [1.54, 1.807) is 0 Å². The highest BCUT2D eigenvalue weighted by Crippen LogP contribution is 2.28. The number of rotatable bonds is 6. The lowest BCUT2D eigenvalue weighted by molar-refractivity contribution is 0.285. The van der Waals surface area contributed by atoms with Gasteiger partial charge in [-0.05, 0) is 38.0 Å². The van der Waals surface area contributed by atoms with Crippen molar-refractivity contribution >= 4 is 0 Å². The molecule has 0 aliphatic heterocycles. The van der Waals surface area contributed by atoms with Gasteiger partial charge in [0.25, 0.3) is 0 Å². The van der Waals surface area contributed by atoms with Gasteiger partial charge in [0, 0.05) is 6.61 Å². The summed E-state index contributed by atoms with van der Waals surface area (Å²) in [6, 6.07) is 5.76. The Hall–Kier alpha value is -1.22. The van der Waals surface area contributed by atoms with E-state index in [1.165, 1.54) is 0 Å². The fourth-order valence-corrected chi connectivity index (χ4v) is 1.38. The molecule has 0 fully saturated rings. The Labute approximate surface area is 90.6 Å². The predicted molar refractivity (Wildman–Crippen MR) is 59.6 cm³/mol. The van der Waals surface area contributed by atoms with E-state index in [0.717, 1.165) is 17.1 Å². The average molecular weight is 210 g/mol. The summed E-state index contributed by atoms with van der Waals surface area (Å²) in [4.78, 5) is 0. The number of hydrogen-bond donors (Lipinski definition) is 1. The first kappa shape index (κ1) is 11.9. The second-order valence-corrected chi connectivity index (χ2v) is 3.12. The smallest absolute Gasteiger partial charge is 0.161 e. The summed E-state index contributed by atoms with van der Waals surface area (Å²) in [6.07, 6.45) is 0.645. The molecule has 0 saturated carbocycles. The maximum atomic E-state index is 8.84. The van der Waals surface area contributed by atoms with Crippen molar-refractivity contribution in [3.05, 3.63) is 23.8 Å². The molecule has 3 nitrogen and oxygen atoms in total. The van der Waals surface area contributed by atoms with Crippen LogP contribution in [0.5, 0.6) is 11.5 Å². The summed E-state index contributed by atoms with van der Waals surface area (Å²) < 4.78 is 10.9. The van der Waals surface area contributed by atoms with Crippen molar-refractivity contribution in [2.75, 3.05) is 19.8 Å². The van der Waals surface area contributed by atoms with Crippen molar-refractivity contribution in [2.45, 2.75) is 20.3 Å². The van der Waals surface area contributed by atoms with Crippen LogP contribution in [-0.2, 0) is 6.42 Å². The van der Waals surface area contributed by atoms with Gasteiger partial charge < -0.3 is 14.6 Å². The summed E-state index contributed by atoms with van der Waals surface area (Å²) in [5, 5.41) is 8.84. The first-order chi connectivity index (χ1) is 7.31. The maximum absolute atomic E-state index is 8.84. The first-order valence-corrected chi connectivity index (χ1v) is 5.31. The van der Waals surface area contributed by atoms with Gasteiger partial charge in [0.2, 0.25) is 0 Å². The zero-order valence-electron chi connectivity index (χ0n) is 9.32. The van der Waals surface area contributed by atoms with Gasteiger partial charge in [-0.2, -0.15) is 0 Å². The molecule has 0 spiro atoms. The molecule has 0 unspecified atom stereocenters. The van der Waals surface area contributed by atoms with Crippen molar-refractivity contribution < 1.29 is 14.6 Å². The van der Waals surface area contributed by atoms with Gasteiger partial charge in [0.15, 0.2) is 11.5 Å². The number of benzene rings is 1. The summed E-state index contributed by atoms with van der Waals surface area (Å²) in [6.45, 7) is 5.27. The lowest BCUT2D eigenvalue weighted by atomic mass is 10.1. The molecule has 0 amide bonds. The van der Waals surface area contributed by atoms with Crippen LogP contribution in [0.15, 0.2) is 18.2 Å². The molecular formula is C12H18O3. The fraction of sp³-hybridized carbons (Fsp3) is 0.500. The van der Waals surface area contributed by atoms with Crippen molar-refractivity contribution in [1.82, 2.24) is 0 Å². The second kappa shape index (κ2) is 6.30. The molecular weight excluding hydrogens is 192 g/mol.